The fraction of sp³-hybridized carbons (Fsp3) is 0.611. The third-order valence-electron chi connectivity index (χ3n) is 4.78. The topological polar surface area (TPSA) is 75.8 Å². The number of rotatable bonds is 6. The van der Waals surface area contributed by atoms with Crippen LogP contribution in [0.4, 0.5) is 10.5 Å². The highest BCUT2D eigenvalue weighted by molar-refractivity contribution is 5.86. The van der Waals surface area contributed by atoms with Gasteiger partial charge in [-0.15, -0.1) is 0 Å². The summed E-state index contributed by atoms with van der Waals surface area (Å²) in [6.07, 6.45) is 3.37. The van der Waals surface area contributed by atoms with Crippen LogP contribution in [0.1, 0.15) is 39.5 Å². The Morgan fingerprint density at radius 3 is 2.96 bits per heavy atom. The predicted octanol–water partition coefficient (Wildman–Crippen LogP) is 3.72. The summed E-state index contributed by atoms with van der Waals surface area (Å²) in [6.45, 7) is 5.86. The molecule has 1 amide bonds. The van der Waals surface area contributed by atoms with Crippen LogP contribution in [-0.4, -0.2) is 30.9 Å². The molecule has 1 aliphatic rings. The second-order valence-electron chi connectivity index (χ2n) is 6.80. The van der Waals surface area contributed by atoms with E-state index in [-0.39, 0.29) is 5.41 Å². The van der Waals surface area contributed by atoms with E-state index in [9.17, 15) is 9.90 Å². The molecule has 1 aliphatic carbocycles. The number of ether oxygens (including phenoxy) is 1. The minimum absolute atomic E-state index is 0.139. The molecule has 0 heterocycles. The number of benzene rings is 1. The Bertz CT molecular complexity index is 535. The van der Waals surface area contributed by atoms with Crippen molar-refractivity contribution in [1.82, 2.24) is 0 Å². The second kappa shape index (κ2) is 7.68. The van der Waals surface area contributed by atoms with E-state index < -0.39 is 6.09 Å². The fourth-order valence-corrected chi connectivity index (χ4v) is 3.52. The lowest BCUT2D eigenvalue weighted by Gasteiger charge is -2.38. The molecule has 1 aromatic carbocycles. The van der Waals surface area contributed by atoms with Crippen molar-refractivity contribution in [3.63, 3.8) is 0 Å². The third kappa shape index (κ3) is 4.61. The Morgan fingerprint density at radius 2 is 2.30 bits per heavy atom. The van der Waals surface area contributed by atoms with Crippen LogP contribution >= 0.6 is 0 Å². The molecule has 1 fully saturated rings. The van der Waals surface area contributed by atoms with E-state index in [1.54, 1.807) is 6.07 Å². The molecule has 5 nitrogen and oxygen atoms in total. The molecule has 2 rings (SSSR count). The lowest BCUT2D eigenvalue weighted by atomic mass is 9.71. The summed E-state index contributed by atoms with van der Waals surface area (Å²) in [4.78, 5) is 13.2. The zero-order valence-corrected chi connectivity index (χ0v) is 14.1. The Hall–Kier alpha value is -1.75. The number of nitrogens with two attached hydrogens (primary N) is 1. The zero-order chi connectivity index (χ0) is 16.9. The Balaban J connectivity index is 2.13. The van der Waals surface area contributed by atoms with Crippen LogP contribution in [0.2, 0.25) is 0 Å². The molecule has 2 atom stereocenters. The molecule has 0 aliphatic heterocycles. The van der Waals surface area contributed by atoms with E-state index in [1.165, 1.54) is 4.90 Å². The van der Waals surface area contributed by atoms with Crippen LogP contribution in [0.15, 0.2) is 24.3 Å². The highest BCUT2D eigenvalue weighted by atomic mass is 16.5. The molecular formula is C18H28N2O3. The van der Waals surface area contributed by atoms with Gasteiger partial charge in [0.15, 0.2) is 0 Å². The highest BCUT2D eigenvalue weighted by Crippen LogP contribution is 2.39. The quantitative estimate of drug-likeness (QED) is 0.837. The van der Waals surface area contributed by atoms with Crippen molar-refractivity contribution < 1.29 is 14.6 Å². The van der Waals surface area contributed by atoms with Crippen LogP contribution in [0.25, 0.3) is 0 Å². The van der Waals surface area contributed by atoms with Crippen molar-refractivity contribution in [2.75, 3.05) is 24.6 Å². The summed E-state index contributed by atoms with van der Waals surface area (Å²) in [5, 5.41) is 9.63. The molecule has 1 saturated carbocycles. The number of carboxylic acid groups (broad SMARTS) is 1. The van der Waals surface area contributed by atoms with Crippen LogP contribution in [-0.2, 0) is 0 Å². The second-order valence-corrected chi connectivity index (χ2v) is 6.80. The van der Waals surface area contributed by atoms with Crippen molar-refractivity contribution in [1.29, 1.82) is 0 Å². The van der Waals surface area contributed by atoms with Gasteiger partial charge in [-0.1, -0.05) is 19.4 Å². The Kier molecular flexibility index (Phi) is 5.88. The summed E-state index contributed by atoms with van der Waals surface area (Å²) in [5.74, 6) is 1.05. The lowest BCUT2D eigenvalue weighted by Crippen LogP contribution is -2.40. The molecule has 23 heavy (non-hydrogen) atoms. The zero-order valence-electron chi connectivity index (χ0n) is 14.1. The maximum Gasteiger partial charge on any atom is 0.411 e. The first-order valence-electron chi connectivity index (χ1n) is 8.41. The molecule has 0 radical (unpaired) electrons. The summed E-state index contributed by atoms with van der Waals surface area (Å²) < 4.78 is 5.48. The van der Waals surface area contributed by atoms with Gasteiger partial charge >= 0.3 is 6.09 Å². The van der Waals surface area contributed by atoms with Gasteiger partial charge in [-0.3, -0.25) is 4.90 Å². The van der Waals surface area contributed by atoms with Gasteiger partial charge in [-0.25, -0.2) is 4.79 Å². The first-order valence-corrected chi connectivity index (χ1v) is 8.41. The number of hydrogen-bond donors (Lipinski definition) is 2. The first-order chi connectivity index (χ1) is 11.0. The standard InChI is InChI=1S/C18H28N2O3/c1-3-23-16-8-4-7-15(10-16)20(17(21)22)12-14-6-5-9-18(2,11-14)13-19/h4,7-8,10,14H,3,5-6,9,11-13,19H2,1-2H3,(H,21,22). The van der Waals surface area contributed by atoms with Crippen LogP contribution in [0.3, 0.4) is 0 Å². The molecule has 0 aromatic heterocycles. The number of nitrogens with zero attached hydrogens (tertiary/aromatic N) is 1. The van der Waals surface area contributed by atoms with Gasteiger partial charge in [0.2, 0.25) is 0 Å². The summed E-state index contributed by atoms with van der Waals surface area (Å²) in [6, 6.07) is 7.30. The van der Waals surface area contributed by atoms with Gasteiger partial charge in [-0.2, -0.15) is 0 Å². The van der Waals surface area contributed by atoms with Crippen LogP contribution in [0, 0.1) is 11.3 Å². The van der Waals surface area contributed by atoms with Gasteiger partial charge in [0.05, 0.1) is 12.3 Å². The molecule has 1 aromatic rings. The molecule has 5 heteroatoms. The van der Waals surface area contributed by atoms with Gasteiger partial charge in [0.25, 0.3) is 0 Å². The Labute approximate surface area is 138 Å². The largest absolute Gasteiger partial charge is 0.494 e. The molecule has 2 unspecified atom stereocenters. The maximum absolute atomic E-state index is 11.7. The lowest BCUT2D eigenvalue weighted by molar-refractivity contribution is 0.164. The van der Waals surface area contributed by atoms with E-state index in [1.807, 2.05) is 25.1 Å². The minimum atomic E-state index is -0.918. The fourth-order valence-electron chi connectivity index (χ4n) is 3.52. The van der Waals surface area contributed by atoms with E-state index in [2.05, 4.69) is 6.92 Å². The highest BCUT2D eigenvalue weighted by Gasteiger charge is 2.32. The minimum Gasteiger partial charge on any atom is -0.494 e. The van der Waals surface area contributed by atoms with E-state index >= 15 is 0 Å². The van der Waals surface area contributed by atoms with E-state index in [4.69, 9.17) is 10.5 Å². The monoisotopic (exact) mass is 320 g/mol. The first kappa shape index (κ1) is 17.6. The van der Waals surface area contributed by atoms with Gasteiger partial charge in [0.1, 0.15) is 5.75 Å². The maximum atomic E-state index is 11.7. The molecule has 128 valence electrons. The number of amides is 1. The molecule has 0 spiro atoms. The van der Waals surface area contributed by atoms with Crippen LogP contribution < -0.4 is 15.4 Å². The molecule has 3 N–H and O–H groups in total. The molecule has 0 bridgehead atoms. The Morgan fingerprint density at radius 1 is 1.52 bits per heavy atom. The van der Waals surface area contributed by atoms with Crippen molar-refractivity contribution in [3.05, 3.63) is 24.3 Å². The van der Waals surface area contributed by atoms with E-state index in [0.717, 1.165) is 25.7 Å². The van der Waals surface area contributed by atoms with Gasteiger partial charge in [-0.05, 0) is 56.2 Å². The average molecular weight is 320 g/mol. The predicted molar refractivity (Wildman–Crippen MR) is 92.1 cm³/mol. The molecule has 0 saturated heterocycles. The summed E-state index contributed by atoms with van der Waals surface area (Å²) in [5.41, 5.74) is 6.72. The third-order valence-corrected chi connectivity index (χ3v) is 4.78. The smallest absolute Gasteiger partial charge is 0.411 e. The van der Waals surface area contributed by atoms with Crippen molar-refractivity contribution in [2.45, 2.75) is 39.5 Å². The van der Waals surface area contributed by atoms with Crippen molar-refractivity contribution in [3.8, 4) is 5.75 Å². The number of hydrogen-bond acceptors (Lipinski definition) is 3. The molecular weight excluding hydrogens is 292 g/mol. The van der Waals surface area contributed by atoms with Gasteiger partial charge in [0, 0.05) is 12.6 Å². The van der Waals surface area contributed by atoms with Gasteiger partial charge < -0.3 is 15.6 Å². The SMILES string of the molecule is CCOc1cccc(N(CC2CCCC(C)(CN)C2)C(=O)O)c1. The van der Waals surface area contributed by atoms with E-state index in [0.29, 0.717) is 37.1 Å². The summed E-state index contributed by atoms with van der Waals surface area (Å²) in [7, 11) is 0. The summed E-state index contributed by atoms with van der Waals surface area (Å²) >= 11 is 0. The van der Waals surface area contributed by atoms with Crippen molar-refractivity contribution in [2.24, 2.45) is 17.1 Å². The van der Waals surface area contributed by atoms with Crippen LogP contribution in [0.5, 0.6) is 5.75 Å². The number of anilines is 1. The van der Waals surface area contributed by atoms with Crippen molar-refractivity contribution >= 4 is 11.8 Å². The number of carbonyl (C=O) groups is 1. The average Bonchev–Trinajstić information content (AvgIpc) is 2.53. The normalized spacial score (nSPS) is 24.2.